The average Bonchev–Trinajstić information content (AvgIpc) is 2.92. The number of aryl methyl sites for hydroxylation is 2. The Morgan fingerprint density at radius 2 is 1.86 bits per heavy atom. The van der Waals surface area contributed by atoms with Crippen LogP contribution in [0.2, 0.25) is 0 Å². The highest BCUT2D eigenvalue weighted by atomic mass is 19.1. The molecule has 0 atom stereocenters. The van der Waals surface area contributed by atoms with Gasteiger partial charge >= 0.3 is 0 Å². The van der Waals surface area contributed by atoms with Crippen LogP contribution < -0.4 is 0 Å². The van der Waals surface area contributed by atoms with Gasteiger partial charge < -0.3 is 0 Å². The van der Waals surface area contributed by atoms with Crippen molar-refractivity contribution >= 4 is 0 Å². The van der Waals surface area contributed by atoms with Crippen LogP contribution in [-0.2, 0) is 6.42 Å². The normalized spacial score (nSPS) is 10.8. The van der Waals surface area contributed by atoms with Gasteiger partial charge in [-0.1, -0.05) is 43.3 Å². The summed E-state index contributed by atoms with van der Waals surface area (Å²) in [6, 6.07) is 15.2. The summed E-state index contributed by atoms with van der Waals surface area (Å²) in [7, 11) is 0. The number of hydrogen-bond acceptors (Lipinski definition) is 1. The van der Waals surface area contributed by atoms with E-state index in [4.69, 9.17) is 0 Å². The van der Waals surface area contributed by atoms with Crippen molar-refractivity contribution in [3.63, 3.8) is 0 Å². The van der Waals surface area contributed by atoms with Gasteiger partial charge in [-0.15, -0.1) is 0 Å². The molecule has 1 N–H and O–H groups in total. The number of hydrogen-bond donors (Lipinski definition) is 1. The molecule has 0 bridgehead atoms. The molecule has 0 fully saturated rings. The third-order valence-electron chi connectivity index (χ3n) is 3.64. The number of nitrogens with zero attached hydrogens (tertiary/aromatic N) is 1. The van der Waals surface area contributed by atoms with Gasteiger partial charge in [-0.25, -0.2) is 4.39 Å². The van der Waals surface area contributed by atoms with E-state index in [2.05, 4.69) is 17.1 Å². The van der Waals surface area contributed by atoms with Crippen LogP contribution in [0.5, 0.6) is 0 Å². The predicted octanol–water partition coefficient (Wildman–Crippen LogP) is 4.75. The fourth-order valence-corrected chi connectivity index (χ4v) is 2.56. The Hall–Kier alpha value is -2.42. The van der Waals surface area contributed by atoms with Crippen molar-refractivity contribution in [1.29, 1.82) is 0 Å². The number of nitrogens with one attached hydrogen (secondary N) is 1. The first-order valence-electron chi connectivity index (χ1n) is 7.10. The molecule has 106 valence electrons. The molecule has 1 heterocycles. The fraction of sp³-hybridized carbons (Fsp3) is 0.167. The van der Waals surface area contributed by atoms with Crippen LogP contribution in [0.1, 0.15) is 18.2 Å². The summed E-state index contributed by atoms with van der Waals surface area (Å²) in [5.74, 6) is -0.235. The van der Waals surface area contributed by atoms with Crippen LogP contribution in [0, 0.1) is 12.7 Å². The lowest BCUT2D eigenvalue weighted by Gasteiger charge is -2.07. The predicted molar refractivity (Wildman–Crippen MR) is 83.5 cm³/mol. The topological polar surface area (TPSA) is 28.7 Å². The first kappa shape index (κ1) is 13.6. The minimum Gasteiger partial charge on any atom is -0.281 e. The number of aromatic nitrogens is 2. The lowest BCUT2D eigenvalue weighted by atomic mass is 9.97. The van der Waals surface area contributed by atoms with Crippen molar-refractivity contribution < 1.29 is 4.39 Å². The maximum atomic E-state index is 14.3. The Morgan fingerprint density at radius 1 is 1.10 bits per heavy atom. The molecule has 0 amide bonds. The van der Waals surface area contributed by atoms with Crippen LogP contribution in [0.15, 0.2) is 48.5 Å². The maximum Gasteiger partial charge on any atom is 0.132 e. The second kappa shape index (κ2) is 5.52. The molecule has 0 aliphatic rings. The molecule has 2 aromatic carbocycles. The highest BCUT2D eigenvalue weighted by Gasteiger charge is 2.18. The van der Waals surface area contributed by atoms with Gasteiger partial charge in [0.05, 0.1) is 0 Å². The molecule has 0 aliphatic heterocycles. The monoisotopic (exact) mass is 280 g/mol. The van der Waals surface area contributed by atoms with Crippen molar-refractivity contribution in [2.45, 2.75) is 20.3 Å². The average molecular weight is 280 g/mol. The van der Waals surface area contributed by atoms with Crippen LogP contribution in [0.4, 0.5) is 4.39 Å². The van der Waals surface area contributed by atoms with Crippen molar-refractivity contribution in [1.82, 2.24) is 10.2 Å². The molecule has 2 nitrogen and oxygen atoms in total. The molecule has 1 aromatic heterocycles. The third kappa shape index (κ3) is 2.47. The summed E-state index contributed by atoms with van der Waals surface area (Å²) >= 11 is 0. The Labute approximate surface area is 123 Å². The van der Waals surface area contributed by atoms with E-state index in [9.17, 15) is 4.39 Å². The van der Waals surface area contributed by atoms with E-state index in [1.165, 1.54) is 0 Å². The molecule has 0 aliphatic carbocycles. The van der Waals surface area contributed by atoms with Crippen LogP contribution in [-0.4, -0.2) is 10.2 Å². The lowest BCUT2D eigenvalue weighted by Crippen LogP contribution is -1.90. The smallest absolute Gasteiger partial charge is 0.132 e. The summed E-state index contributed by atoms with van der Waals surface area (Å²) in [5, 5.41) is 7.41. The van der Waals surface area contributed by atoms with Crippen LogP contribution in [0.25, 0.3) is 22.4 Å². The fourth-order valence-electron chi connectivity index (χ4n) is 2.56. The highest BCUT2D eigenvalue weighted by Crippen LogP contribution is 2.34. The number of rotatable bonds is 3. The molecular formula is C18H17FN2. The molecule has 0 radical (unpaired) electrons. The molecule has 0 spiro atoms. The van der Waals surface area contributed by atoms with E-state index in [1.807, 2.05) is 43.3 Å². The quantitative estimate of drug-likeness (QED) is 0.736. The van der Waals surface area contributed by atoms with Gasteiger partial charge in [0, 0.05) is 16.8 Å². The minimum absolute atomic E-state index is 0.235. The Morgan fingerprint density at radius 3 is 2.52 bits per heavy atom. The molecule has 21 heavy (non-hydrogen) atoms. The maximum absolute atomic E-state index is 14.3. The van der Waals surface area contributed by atoms with E-state index in [1.54, 1.807) is 12.1 Å². The van der Waals surface area contributed by atoms with Crippen molar-refractivity contribution in [3.05, 3.63) is 65.6 Å². The Bertz CT molecular complexity index is 760. The zero-order valence-corrected chi connectivity index (χ0v) is 12.2. The van der Waals surface area contributed by atoms with Gasteiger partial charge in [-0.3, -0.25) is 5.10 Å². The largest absolute Gasteiger partial charge is 0.281 e. The second-order valence-corrected chi connectivity index (χ2v) is 5.13. The number of benzene rings is 2. The van der Waals surface area contributed by atoms with Gasteiger partial charge in [0.1, 0.15) is 11.5 Å². The number of H-pyrrole nitrogens is 1. The van der Waals surface area contributed by atoms with E-state index in [-0.39, 0.29) is 5.82 Å². The summed E-state index contributed by atoms with van der Waals surface area (Å²) in [6.45, 7) is 3.95. The zero-order chi connectivity index (χ0) is 14.8. The lowest BCUT2D eigenvalue weighted by molar-refractivity contribution is 0.629. The molecule has 0 unspecified atom stereocenters. The molecule has 0 saturated carbocycles. The van der Waals surface area contributed by atoms with E-state index in [0.717, 1.165) is 28.8 Å². The molecule has 3 aromatic rings. The van der Waals surface area contributed by atoms with Crippen molar-refractivity contribution in [2.75, 3.05) is 0 Å². The summed E-state index contributed by atoms with van der Waals surface area (Å²) in [5.41, 5.74) is 5.19. The van der Waals surface area contributed by atoms with E-state index in [0.29, 0.717) is 11.3 Å². The van der Waals surface area contributed by atoms with Gasteiger partial charge in [0.25, 0.3) is 0 Å². The summed E-state index contributed by atoms with van der Waals surface area (Å²) in [4.78, 5) is 0. The summed E-state index contributed by atoms with van der Waals surface area (Å²) < 4.78 is 14.3. The highest BCUT2D eigenvalue weighted by molar-refractivity contribution is 5.82. The van der Waals surface area contributed by atoms with Crippen LogP contribution >= 0.6 is 0 Å². The van der Waals surface area contributed by atoms with Crippen molar-refractivity contribution in [3.8, 4) is 22.4 Å². The second-order valence-electron chi connectivity index (χ2n) is 5.13. The summed E-state index contributed by atoms with van der Waals surface area (Å²) in [6.07, 6.45) is 0.824. The molecule has 3 heteroatoms. The first-order valence-corrected chi connectivity index (χ1v) is 7.10. The van der Waals surface area contributed by atoms with Gasteiger partial charge in [0.2, 0.25) is 0 Å². The van der Waals surface area contributed by atoms with E-state index < -0.39 is 0 Å². The van der Waals surface area contributed by atoms with E-state index >= 15 is 0 Å². The SMILES string of the molecule is CCc1[nH]nc(-c2ccc(C)cc2F)c1-c1ccccc1. The Balaban J connectivity index is 2.22. The Kier molecular flexibility index (Phi) is 3.57. The van der Waals surface area contributed by atoms with Gasteiger partial charge in [-0.05, 0) is 36.6 Å². The van der Waals surface area contributed by atoms with Crippen molar-refractivity contribution in [2.24, 2.45) is 0 Å². The molecule has 0 saturated heterocycles. The van der Waals surface area contributed by atoms with Crippen LogP contribution in [0.3, 0.4) is 0 Å². The molecular weight excluding hydrogens is 263 g/mol. The van der Waals surface area contributed by atoms with Gasteiger partial charge in [-0.2, -0.15) is 5.10 Å². The number of halogens is 1. The molecule has 3 rings (SSSR count). The number of aromatic amines is 1. The van der Waals surface area contributed by atoms with Gasteiger partial charge in [0.15, 0.2) is 0 Å². The first-order chi connectivity index (χ1) is 10.2. The zero-order valence-electron chi connectivity index (χ0n) is 12.2. The third-order valence-corrected chi connectivity index (χ3v) is 3.64. The minimum atomic E-state index is -0.235. The standard InChI is InChI=1S/C18H17FN2/c1-3-16-17(13-7-5-4-6-8-13)18(21-20-16)14-10-9-12(2)11-15(14)19/h4-11H,3H2,1-2H3,(H,20,21).